The summed E-state index contributed by atoms with van der Waals surface area (Å²) in [6.07, 6.45) is 6.32. The number of nitrogens with one attached hydrogen (secondary N) is 1. The monoisotopic (exact) mass is 464 g/mol. The van der Waals surface area contributed by atoms with Gasteiger partial charge in [0.2, 0.25) is 5.91 Å². The topological polar surface area (TPSA) is 113 Å². The van der Waals surface area contributed by atoms with Gasteiger partial charge in [-0.15, -0.1) is 0 Å². The zero-order chi connectivity index (χ0) is 24.3. The SMILES string of the molecule is CN1CCCN(CC(=O)NCC(c2ccccc2)N2CCCCCC2)CC1.O=CO.O=CO. The van der Waals surface area contributed by atoms with E-state index in [0.717, 1.165) is 45.7 Å². The van der Waals surface area contributed by atoms with Gasteiger partial charge in [-0.1, -0.05) is 43.2 Å². The molecule has 0 radical (unpaired) electrons. The summed E-state index contributed by atoms with van der Waals surface area (Å²) < 4.78 is 0. The molecule has 1 amide bonds. The van der Waals surface area contributed by atoms with Crippen molar-refractivity contribution in [3.63, 3.8) is 0 Å². The van der Waals surface area contributed by atoms with Crippen molar-refractivity contribution in [3.8, 4) is 0 Å². The van der Waals surface area contributed by atoms with Gasteiger partial charge in [-0.25, -0.2) is 0 Å². The van der Waals surface area contributed by atoms with Crippen LogP contribution in [0.4, 0.5) is 0 Å². The van der Waals surface area contributed by atoms with E-state index in [2.05, 4.69) is 57.4 Å². The quantitative estimate of drug-likeness (QED) is 0.546. The number of hydrogen-bond acceptors (Lipinski definition) is 6. The van der Waals surface area contributed by atoms with Gasteiger partial charge in [-0.2, -0.15) is 0 Å². The molecule has 0 bridgehead atoms. The maximum absolute atomic E-state index is 12.6. The average molecular weight is 465 g/mol. The van der Waals surface area contributed by atoms with E-state index in [-0.39, 0.29) is 24.9 Å². The first kappa shape index (κ1) is 28.5. The smallest absolute Gasteiger partial charge is 0.290 e. The third kappa shape index (κ3) is 12.4. The number of benzene rings is 1. The summed E-state index contributed by atoms with van der Waals surface area (Å²) in [4.78, 5) is 36.5. The normalized spacial score (nSPS) is 18.7. The Bertz CT molecular complexity index is 648. The molecule has 1 atom stereocenters. The predicted molar refractivity (Wildman–Crippen MR) is 128 cm³/mol. The Kier molecular flexibility index (Phi) is 15.6. The van der Waals surface area contributed by atoms with E-state index < -0.39 is 0 Å². The molecular weight excluding hydrogens is 424 g/mol. The minimum absolute atomic E-state index is 0.162. The molecule has 2 aliphatic rings. The Balaban J connectivity index is 0.000000819. The highest BCUT2D eigenvalue weighted by molar-refractivity contribution is 5.78. The molecule has 1 aromatic carbocycles. The van der Waals surface area contributed by atoms with Crippen molar-refractivity contribution in [2.75, 3.05) is 59.4 Å². The molecule has 1 unspecified atom stereocenters. The molecule has 33 heavy (non-hydrogen) atoms. The van der Waals surface area contributed by atoms with E-state index >= 15 is 0 Å². The second-order valence-corrected chi connectivity index (χ2v) is 8.32. The second kappa shape index (κ2) is 18.0. The maximum Gasteiger partial charge on any atom is 0.290 e. The fourth-order valence-electron chi connectivity index (χ4n) is 4.27. The van der Waals surface area contributed by atoms with Crippen molar-refractivity contribution in [2.45, 2.75) is 38.1 Å². The average Bonchev–Trinajstić information content (AvgIpc) is 3.19. The molecule has 0 aliphatic carbocycles. The first-order chi connectivity index (χ1) is 16.0. The van der Waals surface area contributed by atoms with Gasteiger partial charge in [0.1, 0.15) is 0 Å². The van der Waals surface area contributed by atoms with Gasteiger partial charge in [0.25, 0.3) is 12.9 Å². The fourth-order valence-corrected chi connectivity index (χ4v) is 4.27. The zero-order valence-corrected chi connectivity index (χ0v) is 19.8. The van der Waals surface area contributed by atoms with E-state index in [9.17, 15) is 4.79 Å². The Labute approximate surface area is 197 Å². The molecule has 186 valence electrons. The highest BCUT2D eigenvalue weighted by atomic mass is 16.3. The van der Waals surface area contributed by atoms with Crippen molar-refractivity contribution < 1.29 is 24.6 Å². The minimum atomic E-state index is -0.250. The molecule has 1 aromatic rings. The fraction of sp³-hybridized carbons (Fsp3) is 0.625. The molecule has 3 N–H and O–H groups in total. The maximum atomic E-state index is 12.6. The molecule has 2 heterocycles. The van der Waals surface area contributed by atoms with Crippen LogP contribution in [-0.2, 0) is 14.4 Å². The lowest BCUT2D eigenvalue weighted by atomic mass is 10.0. The highest BCUT2D eigenvalue weighted by Gasteiger charge is 2.22. The standard InChI is InChI=1S/C22H36N4O.2CH2O2/c1-24-12-9-13-25(17-16-24)19-22(27)23-18-21(20-10-5-4-6-11-20)26-14-7-2-3-8-15-26;2*2-1-3/h4-6,10-11,21H,2-3,7-9,12-19H2,1H3,(H,23,27);2*1H,(H,2,3). The molecule has 3 rings (SSSR count). The van der Waals surface area contributed by atoms with Crippen LogP contribution in [0.3, 0.4) is 0 Å². The van der Waals surface area contributed by atoms with Crippen LogP contribution in [0.25, 0.3) is 0 Å². The van der Waals surface area contributed by atoms with Gasteiger partial charge in [-0.05, 0) is 58.1 Å². The summed E-state index contributed by atoms with van der Waals surface area (Å²) in [6.45, 7) is 7.18. The largest absolute Gasteiger partial charge is 0.483 e. The Morgan fingerprint density at radius 3 is 2.12 bits per heavy atom. The lowest BCUT2D eigenvalue weighted by Gasteiger charge is -2.31. The second-order valence-electron chi connectivity index (χ2n) is 8.32. The van der Waals surface area contributed by atoms with E-state index in [1.165, 1.54) is 31.2 Å². The van der Waals surface area contributed by atoms with Crippen molar-refractivity contribution in [3.05, 3.63) is 35.9 Å². The first-order valence-electron chi connectivity index (χ1n) is 11.7. The van der Waals surface area contributed by atoms with Crippen LogP contribution >= 0.6 is 0 Å². The van der Waals surface area contributed by atoms with Gasteiger partial charge in [0, 0.05) is 19.6 Å². The van der Waals surface area contributed by atoms with E-state index in [0.29, 0.717) is 13.1 Å². The predicted octanol–water partition coefficient (Wildman–Crippen LogP) is 1.76. The van der Waals surface area contributed by atoms with Crippen LogP contribution in [0.5, 0.6) is 0 Å². The summed E-state index contributed by atoms with van der Waals surface area (Å²) >= 11 is 0. The van der Waals surface area contributed by atoms with Crippen molar-refractivity contribution in [1.29, 1.82) is 0 Å². The lowest BCUT2D eigenvalue weighted by molar-refractivity contribution is -0.123. The molecule has 9 nitrogen and oxygen atoms in total. The van der Waals surface area contributed by atoms with Crippen molar-refractivity contribution >= 4 is 18.9 Å². The van der Waals surface area contributed by atoms with E-state index in [1.54, 1.807) is 0 Å². The zero-order valence-electron chi connectivity index (χ0n) is 19.8. The number of nitrogens with zero attached hydrogens (tertiary/aromatic N) is 3. The molecular formula is C24H40N4O5. The minimum Gasteiger partial charge on any atom is -0.483 e. The van der Waals surface area contributed by atoms with Gasteiger partial charge in [-0.3, -0.25) is 24.2 Å². The molecule has 0 spiro atoms. The first-order valence-corrected chi connectivity index (χ1v) is 11.7. The molecule has 2 aliphatic heterocycles. The third-order valence-electron chi connectivity index (χ3n) is 5.94. The molecule has 9 heteroatoms. The number of rotatable bonds is 6. The van der Waals surface area contributed by atoms with Crippen LogP contribution in [0.15, 0.2) is 30.3 Å². The molecule has 0 saturated carbocycles. The number of hydrogen-bond donors (Lipinski definition) is 3. The van der Waals surface area contributed by atoms with Gasteiger partial charge in [0.15, 0.2) is 0 Å². The number of carboxylic acid groups (broad SMARTS) is 2. The Morgan fingerprint density at radius 1 is 0.909 bits per heavy atom. The van der Waals surface area contributed by atoms with Crippen LogP contribution in [0.1, 0.15) is 43.7 Å². The number of likely N-dealkylation sites (N-methyl/N-ethyl adjacent to an activating group) is 1. The summed E-state index contributed by atoms with van der Waals surface area (Å²) in [7, 11) is 2.16. The lowest BCUT2D eigenvalue weighted by Crippen LogP contribution is -2.43. The molecule has 2 fully saturated rings. The van der Waals surface area contributed by atoms with Crippen molar-refractivity contribution in [1.82, 2.24) is 20.0 Å². The molecule has 2 saturated heterocycles. The van der Waals surface area contributed by atoms with Gasteiger partial charge >= 0.3 is 0 Å². The van der Waals surface area contributed by atoms with E-state index in [1.807, 2.05) is 0 Å². The van der Waals surface area contributed by atoms with Crippen molar-refractivity contribution in [2.24, 2.45) is 0 Å². The van der Waals surface area contributed by atoms with Crippen LogP contribution in [-0.4, -0.2) is 103 Å². The number of amides is 1. The van der Waals surface area contributed by atoms with E-state index in [4.69, 9.17) is 19.8 Å². The number of likely N-dealkylation sites (tertiary alicyclic amines) is 1. The van der Waals surface area contributed by atoms with Crippen LogP contribution in [0.2, 0.25) is 0 Å². The summed E-state index contributed by atoms with van der Waals surface area (Å²) in [5.41, 5.74) is 1.32. The highest BCUT2D eigenvalue weighted by Crippen LogP contribution is 2.23. The summed E-state index contributed by atoms with van der Waals surface area (Å²) in [5, 5.41) is 17.0. The summed E-state index contributed by atoms with van der Waals surface area (Å²) in [6, 6.07) is 11.0. The third-order valence-corrected chi connectivity index (χ3v) is 5.94. The van der Waals surface area contributed by atoms with Crippen LogP contribution < -0.4 is 5.32 Å². The number of carbonyl (C=O) groups is 3. The van der Waals surface area contributed by atoms with Gasteiger partial charge < -0.3 is 20.4 Å². The Hall–Kier alpha value is -2.49. The van der Waals surface area contributed by atoms with Crippen LogP contribution in [0, 0.1) is 0 Å². The molecule has 0 aromatic heterocycles. The van der Waals surface area contributed by atoms with Gasteiger partial charge in [0.05, 0.1) is 12.6 Å². The Morgan fingerprint density at radius 2 is 1.52 bits per heavy atom. The number of carbonyl (C=O) groups excluding carboxylic acids is 1. The summed E-state index contributed by atoms with van der Waals surface area (Å²) in [5.74, 6) is 0.162.